The molecule has 0 fully saturated rings. The van der Waals surface area contributed by atoms with Crippen LogP contribution in [0, 0.1) is 0 Å². The number of para-hydroxylation sites is 1. The molecule has 3 aromatic heterocycles. The Morgan fingerprint density at radius 1 is 0.309 bits per heavy atom. The van der Waals surface area contributed by atoms with Crippen molar-refractivity contribution in [3.63, 3.8) is 0 Å². The van der Waals surface area contributed by atoms with Gasteiger partial charge in [-0.3, -0.25) is 0 Å². The van der Waals surface area contributed by atoms with Gasteiger partial charge in [0.05, 0.1) is 16.6 Å². The molecule has 0 bridgehead atoms. The van der Waals surface area contributed by atoms with Crippen LogP contribution >= 0.6 is 0 Å². The molecule has 0 aliphatic heterocycles. The fraction of sp³-hybridized carbons (Fsp3) is 0. The van der Waals surface area contributed by atoms with E-state index in [0.29, 0.717) is 17.5 Å². The van der Waals surface area contributed by atoms with Gasteiger partial charge in [-0.2, -0.15) is 0 Å². The van der Waals surface area contributed by atoms with E-state index in [1.165, 1.54) is 43.4 Å². The van der Waals surface area contributed by atoms with Crippen molar-refractivity contribution in [2.24, 2.45) is 0 Å². The molecule has 0 unspecified atom stereocenters. The van der Waals surface area contributed by atoms with E-state index >= 15 is 0 Å². The second kappa shape index (κ2) is 15.2. The van der Waals surface area contributed by atoms with Crippen LogP contribution in [-0.2, 0) is 0 Å². The van der Waals surface area contributed by atoms with Gasteiger partial charge in [0, 0.05) is 38.4 Å². The summed E-state index contributed by atoms with van der Waals surface area (Å²) in [5, 5.41) is 11.7. The van der Waals surface area contributed by atoms with Gasteiger partial charge in [0.25, 0.3) is 0 Å². The van der Waals surface area contributed by atoms with E-state index in [4.69, 9.17) is 19.4 Å². The number of rotatable bonds is 6. The lowest BCUT2D eigenvalue weighted by Crippen LogP contribution is -2.01. The highest BCUT2D eigenvalue weighted by molar-refractivity contribution is 6.24. The topological polar surface area (TPSA) is 56.7 Å². The van der Waals surface area contributed by atoms with Gasteiger partial charge in [0.15, 0.2) is 17.5 Å². The molecule has 0 amide bonds. The van der Waals surface area contributed by atoms with Crippen molar-refractivity contribution < 1.29 is 4.42 Å². The number of hydrogen-bond donors (Lipinski definition) is 0. The fourth-order valence-corrected chi connectivity index (χ4v) is 10.4. The molecule has 0 saturated carbocycles. The van der Waals surface area contributed by atoms with E-state index in [1.54, 1.807) is 0 Å². The summed E-state index contributed by atoms with van der Waals surface area (Å²) in [4.78, 5) is 15.8. The molecule has 316 valence electrons. The molecule has 0 aliphatic rings. The highest BCUT2D eigenvalue weighted by Crippen LogP contribution is 2.43. The number of hydrogen-bond acceptors (Lipinski definition) is 4. The normalized spacial score (nSPS) is 11.8. The van der Waals surface area contributed by atoms with Crippen molar-refractivity contribution in [2.75, 3.05) is 0 Å². The van der Waals surface area contributed by atoms with Crippen molar-refractivity contribution >= 4 is 76.1 Å². The molecule has 14 aromatic rings. The fourth-order valence-electron chi connectivity index (χ4n) is 10.4. The van der Waals surface area contributed by atoms with E-state index in [9.17, 15) is 0 Å². The van der Waals surface area contributed by atoms with E-state index < -0.39 is 0 Å². The van der Waals surface area contributed by atoms with E-state index in [0.717, 1.165) is 77.3 Å². The Bertz CT molecular complexity index is 4300. The zero-order valence-corrected chi connectivity index (χ0v) is 36.6. The minimum atomic E-state index is 0.541. The van der Waals surface area contributed by atoms with Crippen LogP contribution in [0.5, 0.6) is 0 Å². The highest BCUT2D eigenvalue weighted by atomic mass is 16.3. The molecule has 0 radical (unpaired) electrons. The lowest BCUT2D eigenvalue weighted by Gasteiger charge is -2.12. The molecular weight excluding hydrogens is 829 g/mol. The van der Waals surface area contributed by atoms with Crippen molar-refractivity contribution in [1.82, 2.24) is 19.5 Å². The Morgan fingerprint density at radius 3 is 1.69 bits per heavy atom. The zero-order chi connectivity index (χ0) is 44.7. The molecule has 0 saturated heterocycles. The summed E-state index contributed by atoms with van der Waals surface area (Å²) >= 11 is 0. The number of benzene rings is 11. The van der Waals surface area contributed by atoms with E-state index in [1.807, 2.05) is 18.2 Å². The van der Waals surface area contributed by atoms with Gasteiger partial charge in [-0.1, -0.05) is 188 Å². The lowest BCUT2D eigenvalue weighted by molar-refractivity contribution is 0.670. The standard InChI is InChI=1S/C63H38N4O/c1-3-14-39(15-4-1)40-26-28-44(29-27-40)61-64-62(50-23-12-11-21-48(50)41-16-5-2-6-17-41)66-63(65-61)52-25-13-24-51-59-53-38-47(33-30-43(53)32-35-57(59)68-60(51)52)67-55-34-31-42-18-9-10-22-49(42)58(55)54-36-45-19-7-8-20-46(45)37-56(54)67/h1-38H. The van der Waals surface area contributed by atoms with Crippen molar-refractivity contribution in [3.05, 3.63) is 231 Å². The third-order valence-electron chi connectivity index (χ3n) is 13.6. The summed E-state index contributed by atoms with van der Waals surface area (Å²) in [6.45, 7) is 0. The molecule has 0 N–H and O–H groups in total. The monoisotopic (exact) mass is 866 g/mol. The second-order valence-electron chi connectivity index (χ2n) is 17.5. The first-order chi connectivity index (χ1) is 33.7. The molecule has 3 heterocycles. The predicted molar refractivity (Wildman–Crippen MR) is 281 cm³/mol. The third kappa shape index (κ3) is 6.06. The molecular formula is C63H38N4O. The van der Waals surface area contributed by atoms with Gasteiger partial charge in [-0.05, 0) is 97.0 Å². The smallest absolute Gasteiger partial charge is 0.167 e. The maximum Gasteiger partial charge on any atom is 0.167 e. The minimum absolute atomic E-state index is 0.541. The highest BCUT2D eigenvalue weighted by Gasteiger charge is 2.22. The first-order valence-electron chi connectivity index (χ1n) is 23.0. The molecule has 0 spiro atoms. The Balaban J connectivity index is 0.977. The number of furan rings is 1. The zero-order valence-electron chi connectivity index (χ0n) is 36.6. The van der Waals surface area contributed by atoms with Crippen LogP contribution in [-0.4, -0.2) is 19.5 Å². The van der Waals surface area contributed by atoms with Crippen LogP contribution in [0.2, 0.25) is 0 Å². The van der Waals surface area contributed by atoms with Crippen LogP contribution in [0.3, 0.4) is 0 Å². The molecule has 0 atom stereocenters. The molecule has 14 rings (SSSR count). The molecule has 11 aromatic carbocycles. The summed E-state index contributed by atoms with van der Waals surface area (Å²) < 4.78 is 9.39. The molecule has 5 heteroatoms. The van der Waals surface area contributed by atoms with Crippen molar-refractivity contribution in [1.29, 1.82) is 0 Å². The first kappa shape index (κ1) is 38.1. The average Bonchev–Trinajstić information content (AvgIpc) is 3.96. The number of fused-ring (bicyclic) bond motifs is 11. The lowest BCUT2D eigenvalue weighted by atomic mass is 9.99. The maximum atomic E-state index is 6.96. The van der Waals surface area contributed by atoms with Gasteiger partial charge < -0.3 is 8.98 Å². The van der Waals surface area contributed by atoms with Gasteiger partial charge in [0.1, 0.15) is 11.2 Å². The molecule has 5 nitrogen and oxygen atoms in total. The largest absolute Gasteiger partial charge is 0.455 e. The SMILES string of the molecule is c1ccc(-c2ccc(-c3nc(-c4ccccc4-c4ccccc4)nc(-c4cccc5c4oc4ccc6ccc(-n7c8cc9ccccc9cc8c8c9ccccc9ccc87)cc6c45)n3)cc2)cc1. The van der Waals surface area contributed by atoms with Gasteiger partial charge in [-0.15, -0.1) is 0 Å². The van der Waals surface area contributed by atoms with Gasteiger partial charge >= 0.3 is 0 Å². The first-order valence-corrected chi connectivity index (χ1v) is 23.0. The molecule has 68 heavy (non-hydrogen) atoms. The Hall–Kier alpha value is -9.19. The third-order valence-corrected chi connectivity index (χ3v) is 13.6. The van der Waals surface area contributed by atoms with Gasteiger partial charge in [0.2, 0.25) is 0 Å². The Kier molecular flexibility index (Phi) is 8.52. The van der Waals surface area contributed by atoms with Crippen LogP contribution in [0.4, 0.5) is 0 Å². The number of nitrogens with zero attached hydrogens (tertiary/aromatic N) is 4. The Morgan fingerprint density at radius 2 is 0.882 bits per heavy atom. The summed E-state index contributed by atoms with van der Waals surface area (Å²) in [5.41, 5.74) is 12.0. The molecule has 0 aliphatic carbocycles. The van der Waals surface area contributed by atoms with Crippen LogP contribution in [0.25, 0.3) is 138 Å². The summed E-state index contributed by atoms with van der Waals surface area (Å²) in [6.07, 6.45) is 0. The Labute approximate surface area is 390 Å². The van der Waals surface area contributed by atoms with Crippen LogP contribution < -0.4 is 0 Å². The number of aromatic nitrogens is 4. The summed E-state index contributed by atoms with van der Waals surface area (Å²) in [7, 11) is 0. The van der Waals surface area contributed by atoms with Crippen molar-refractivity contribution in [3.8, 4) is 62.1 Å². The minimum Gasteiger partial charge on any atom is -0.455 e. The average molecular weight is 867 g/mol. The summed E-state index contributed by atoms with van der Waals surface area (Å²) in [6, 6.07) is 81.6. The predicted octanol–water partition coefficient (Wildman–Crippen LogP) is 16.7. The van der Waals surface area contributed by atoms with Crippen molar-refractivity contribution in [2.45, 2.75) is 0 Å². The van der Waals surface area contributed by atoms with E-state index in [2.05, 4.69) is 217 Å². The van der Waals surface area contributed by atoms with Crippen LogP contribution in [0.15, 0.2) is 235 Å². The van der Waals surface area contributed by atoms with Gasteiger partial charge in [-0.25, -0.2) is 15.0 Å². The summed E-state index contributed by atoms with van der Waals surface area (Å²) in [5.74, 6) is 1.72. The maximum absolute atomic E-state index is 6.96. The quantitative estimate of drug-likeness (QED) is 0.167. The second-order valence-corrected chi connectivity index (χ2v) is 17.5. The van der Waals surface area contributed by atoms with Crippen LogP contribution in [0.1, 0.15) is 0 Å². The van der Waals surface area contributed by atoms with E-state index in [-0.39, 0.29) is 0 Å².